The molecule has 0 aliphatic heterocycles. The number of anilines is 2. The van der Waals surface area contributed by atoms with Crippen molar-refractivity contribution in [2.45, 2.75) is 32.6 Å². The largest absolute Gasteiger partial charge is 0.324 e. The molecule has 0 unspecified atom stereocenters. The first-order chi connectivity index (χ1) is 10.8. The normalized spacial score (nSPS) is 11.7. The quantitative estimate of drug-likeness (QED) is 0.848. The molecule has 2 N–H and O–H groups in total. The molecule has 1 heterocycles. The second-order valence-corrected chi connectivity index (χ2v) is 7.64. The molecule has 1 aromatic heterocycles. The summed E-state index contributed by atoms with van der Waals surface area (Å²) in [4.78, 5) is 8.83. The van der Waals surface area contributed by atoms with E-state index in [1.807, 2.05) is 33.8 Å². The molecule has 0 atom stereocenters. The summed E-state index contributed by atoms with van der Waals surface area (Å²) in [6.07, 6.45) is 0. The number of rotatable bonds is 6. The van der Waals surface area contributed by atoms with Crippen molar-refractivity contribution in [3.63, 3.8) is 0 Å². The van der Waals surface area contributed by atoms with Crippen LogP contribution in [0.3, 0.4) is 0 Å². The zero-order chi connectivity index (χ0) is 17.0. The van der Waals surface area contributed by atoms with Crippen molar-refractivity contribution < 1.29 is 8.42 Å². The predicted molar refractivity (Wildman–Crippen MR) is 91.3 cm³/mol. The van der Waals surface area contributed by atoms with E-state index in [2.05, 4.69) is 20.0 Å². The summed E-state index contributed by atoms with van der Waals surface area (Å²) < 4.78 is 26.9. The summed E-state index contributed by atoms with van der Waals surface area (Å²) in [6.45, 7) is 8.13. The first-order valence-electron chi connectivity index (χ1n) is 7.45. The molecule has 7 heteroatoms. The van der Waals surface area contributed by atoms with Crippen molar-refractivity contribution >= 4 is 21.7 Å². The van der Waals surface area contributed by atoms with E-state index in [1.54, 1.807) is 24.3 Å². The summed E-state index contributed by atoms with van der Waals surface area (Å²) in [6, 6.07) is 8.42. The Balaban J connectivity index is 2.13. The van der Waals surface area contributed by atoms with Crippen molar-refractivity contribution in [2.24, 2.45) is 5.92 Å². The van der Waals surface area contributed by atoms with Gasteiger partial charge in [0.05, 0.1) is 4.90 Å². The van der Waals surface area contributed by atoms with Crippen LogP contribution in [0, 0.1) is 19.8 Å². The number of aryl methyl sites for hydroxylation is 2. The molecule has 2 rings (SSSR count). The number of nitrogens with one attached hydrogen (secondary N) is 2. The van der Waals surface area contributed by atoms with E-state index in [1.165, 1.54) is 0 Å². The molecule has 0 amide bonds. The Bertz CT molecular complexity index is 751. The highest BCUT2D eigenvalue weighted by Crippen LogP contribution is 2.17. The monoisotopic (exact) mass is 334 g/mol. The molecule has 0 fully saturated rings. The lowest BCUT2D eigenvalue weighted by Gasteiger charge is -2.10. The van der Waals surface area contributed by atoms with Gasteiger partial charge in [0.2, 0.25) is 16.0 Å². The van der Waals surface area contributed by atoms with Gasteiger partial charge in [0.25, 0.3) is 0 Å². The second-order valence-electron chi connectivity index (χ2n) is 5.87. The van der Waals surface area contributed by atoms with Gasteiger partial charge in [-0.2, -0.15) is 0 Å². The van der Waals surface area contributed by atoms with Crippen LogP contribution in [0.1, 0.15) is 25.2 Å². The molecule has 0 radical (unpaired) electrons. The Labute approximate surface area is 137 Å². The minimum atomic E-state index is -3.47. The fraction of sp³-hybridized carbons (Fsp3) is 0.375. The molecule has 0 aliphatic rings. The number of benzene rings is 1. The Kier molecular flexibility index (Phi) is 5.33. The lowest BCUT2D eigenvalue weighted by molar-refractivity contribution is 0.560. The number of nitrogens with zero attached hydrogens (tertiary/aromatic N) is 2. The van der Waals surface area contributed by atoms with Gasteiger partial charge in [-0.3, -0.25) is 0 Å². The summed E-state index contributed by atoms with van der Waals surface area (Å²) in [5.41, 5.74) is 2.48. The van der Waals surface area contributed by atoms with Gasteiger partial charge in [-0.25, -0.2) is 23.1 Å². The number of aromatic nitrogens is 2. The minimum absolute atomic E-state index is 0.241. The van der Waals surface area contributed by atoms with E-state index in [0.29, 0.717) is 12.5 Å². The maximum atomic E-state index is 12.1. The van der Waals surface area contributed by atoms with Crippen LogP contribution in [0.25, 0.3) is 0 Å². The Hall–Kier alpha value is -1.99. The fourth-order valence-corrected chi connectivity index (χ4v) is 3.20. The highest BCUT2D eigenvalue weighted by atomic mass is 32.2. The van der Waals surface area contributed by atoms with Crippen LogP contribution in [-0.2, 0) is 10.0 Å². The summed E-state index contributed by atoms with van der Waals surface area (Å²) >= 11 is 0. The van der Waals surface area contributed by atoms with Gasteiger partial charge < -0.3 is 5.32 Å². The molecule has 0 aliphatic carbocycles. The summed E-state index contributed by atoms with van der Waals surface area (Å²) in [5, 5.41) is 3.08. The average molecular weight is 334 g/mol. The molecule has 1 aromatic carbocycles. The van der Waals surface area contributed by atoms with Crippen molar-refractivity contribution in [1.82, 2.24) is 14.7 Å². The smallest absolute Gasteiger partial charge is 0.240 e. The van der Waals surface area contributed by atoms with Crippen LogP contribution < -0.4 is 10.0 Å². The van der Waals surface area contributed by atoms with E-state index in [0.717, 1.165) is 17.1 Å². The molecular weight excluding hydrogens is 312 g/mol. The van der Waals surface area contributed by atoms with Crippen molar-refractivity contribution in [3.05, 3.63) is 41.7 Å². The second kappa shape index (κ2) is 7.06. The lowest BCUT2D eigenvalue weighted by Crippen LogP contribution is -2.27. The van der Waals surface area contributed by atoms with E-state index >= 15 is 0 Å². The molecule has 0 saturated carbocycles. The zero-order valence-electron chi connectivity index (χ0n) is 13.8. The first-order valence-corrected chi connectivity index (χ1v) is 8.93. The number of hydrogen-bond acceptors (Lipinski definition) is 5. The Morgan fingerprint density at radius 1 is 1.04 bits per heavy atom. The van der Waals surface area contributed by atoms with E-state index in [9.17, 15) is 8.42 Å². The molecule has 0 bridgehead atoms. The van der Waals surface area contributed by atoms with Gasteiger partial charge in [-0.1, -0.05) is 13.8 Å². The SMILES string of the molecule is Cc1cc(C)nc(Nc2ccc(S(=O)(=O)NCC(C)C)cc2)n1. The van der Waals surface area contributed by atoms with Gasteiger partial charge in [0.15, 0.2) is 0 Å². The minimum Gasteiger partial charge on any atom is -0.324 e. The van der Waals surface area contributed by atoms with Gasteiger partial charge in [-0.15, -0.1) is 0 Å². The highest BCUT2D eigenvalue weighted by molar-refractivity contribution is 7.89. The third-order valence-electron chi connectivity index (χ3n) is 3.08. The molecular formula is C16H22N4O2S. The summed E-state index contributed by atoms with van der Waals surface area (Å²) in [7, 11) is -3.47. The van der Waals surface area contributed by atoms with Crippen molar-refractivity contribution in [2.75, 3.05) is 11.9 Å². The number of sulfonamides is 1. The molecule has 2 aromatic rings. The van der Waals surface area contributed by atoms with Gasteiger partial charge in [0, 0.05) is 23.6 Å². The number of hydrogen-bond donors (Lipinski definition) is 2. The summed E-state index contributed by atoms with van der Waals surface area (Å²) in [5.74, 6) is 0.753. The van der Waals surface area contributed by atoms with Crippen molar-refractivity contribution in [1.29, 1.82) is 0 Å². The molecule has 124 valence electrons. The lowest BCUT2D eigenvalue weighted by atomic mass is 10.2. The maximum Gasteiger partial charge on any atom is 0.240 e. The van der Waals surface area contributed by atoms with E-state index in [-0.39, 0.29) is 10.8 Å². The Morgan fingerprint density at radius 2 is 1.61 bits per heavy atom. The molecule has 0 spiro atoms. The molecule has 0 saturated heterocycles. The van der Waals surface area contributed by atoms with Crippen molar-refractivity contribution in [3.8, 4) is 0 Å². The van der Waals surface area contributed by atoms with Gasteiger partial charge >= 0.3 is 0 Å². The third kappa shape index (κ3) is 5.01. The van der Waals surface area contributed by atoms with Crippen LogP contribution in [0.2, 0.25) is 0 Å². The molecule has 6 nitrogen and oxygen atoms in total. The van der Waals surface area contributed by atoms with Gasteiger partial charge in [0.1, 0.15) is 0 Å². The van der Waals surface area contributed by atoms with Gasteiger partial charge in [-0.05, 0) is 50.1 Å². The Morgan fingerprint density at radius 3 is 2.13 bits per heavy atom. The zero-order valence-corrected chi connectivity index (χ0v) is 14.6. The first kappa shape index (κ1) is 17.4. The third-order valence-corrected chi connectivity index (χ3v) is 4.52. The maximum absolute atomic E-state index is 12.1. The fourth-order valence-electron chi connectivity index (χ4n) is 1.99. The van der Waals surface area contributed by atoms with Crippen LogP contribution >= 0.6 is 0 Å². The van der Waals surface area contributed by atoms with E-state index in [4.69, 9.17) is 0 Å². The van der Waals surface area contributed by atoms with E-state index < -0.39 is 10.0 Å². The molecule has 23 heavy (non-hydrogen) atoms. The standard InChI is InChI=1S/C16H22N4O2S/c1-11(2)10-17-23(21,22)15-7-5-14(6-8-15)20-16-18-12(3)9-13(4)19-16/h5-9,11,17H,10H2,1-4H3,(H,18,19,20). The predicted octanol–water partition coefficient (Wildman–Crippen LogP) is 2.77. The highest BCUT2D eigenvalue weighted by Gasteiger charge is 2.14. The van der Waals surface area contributed by atoms with Crippen LogP contribution in [0.5, 0.6) is 0 Å². The van der Waals surface area contributed by atoms with Crippen LogP contribution in [0.4, 0.5) is 11.6 Å². The topological polar surface area (TPSA) is 84.0 Å². The average Bonchev–Trinajstić information content (AvgIpc) is 2.45. The van der Waals surface area contributed by atoms with Crippen LogP contribution in [0.15, 0.2) is 35.2 Å². The van der Waals surface area contributed by atoms with Crippen LogP contribution in [-0.4, -0.2) is 24.9 Å².